The Hall–Kier alpha value is -2.47. The van der Waals surface area contributed by atoms with Crippen LogP contribution in [-0.4, -0.2) is 20.2 Å². The van der Waals surface area contributed by atoms with Crippen molar-refractivity contribution in [3.8, 4) is 0 Å². The van der Waals surface area contributed by atoms with Crippen molar-refractivity contribution < 1.29 is 18.0 Å². The lowest BCUT2D eigenvalue weighted by Crippen LogP contribution is -2.33. The number of carbonyl (C=O) groups excluding carboxylic acids is 2. The predicted molar refractivity (Wildman–Crippen MR) is 86.8 cm³/mol. The van der Waals surface area contributed by atoms with Gasteiger partial charge in [0.05, 0.1) is 28.0 Å². The van der Waals surface area contributed by atoms with E-state index < -0.39 is 44.0 Å². The van der Waals surface area contributed by atoms with Crippen molar-refractivity contribution in [1.29, 1.82) is 0 Å². The van der Waals surface area contributed by atoms with Crippen LogP contribution >= 0.6 is 0 Å². The second kappa shape index (κ2) is 4.33. The highest BCUT2D eigenvalue weighted by Gasteiger charge is 2.70. The van der Waals surface area contributed by atoms with Crippen LogP contribution in [0.25, 0.3) is 0 Å². The van der Waals surface area contributed by atoms with Crippen LogP contribution in [0.4, 0.5) is 5.69 Å². The number of anilines is 1. The van der Waals surface area contributed by atoms with E-state index in [0.717, 1.165) is 4.90 Å². The van der Waals surface area contributed by atoms with Crippen molar-refractivity contribution in [3.63, 3.8) is 0 Å². The zero-order valence-electron chi connectivity index (χ0n) is 12.5. The minimum absolute atomic E-state index is 0.401. The lowest BCUT2D eigenvalue weighted by atomic mass is 9.77. The number of hydrogen-bond acceptors (Lipinski definition) is 4. The zero-order chi connectivity index (χ0) is 16.6. The number of para-hydroxylation sites is 1. The minimum Gasteiger partial charge on any atom is -0.274 e. The molecule has 2 aromatic carbocycles. The molecule has 5 nitrogen and oxygen atoms in total. The van der Waals surface area contributed by atoms with E-state index in [9.17, 15) is 18.0 Å². The van der Waals surface area contributed by atoms with Crippen molar-refractivity contribution >= 4 is 27.3 Å². The average molecular weight is 339 g/mol. The number of fused-ring (bicyclic) bond motifs is 8. The second-order valence-corrected chi connectivity index (χ2v) is 8.65. The Labute approximate surface area is 138 Å². The number of sulfone groups is 1. The number of nitrogens with zero attached hydrogens (tertiary/aromatic N) is 1. The van der Waals surface area contributed by atoms with Gasteiger partial charge in [0.15, 0.2) is 9.84 Å². The monoisotopic (exact) mass is 339 g/mol. The molecule has 3 aliphatic heterocycles. The fraction of sp³-hybridized carbons (Fsp3) is 0.222. The molecule has 3 aliphatic rings. The Kier molecular flexibility index (Phi) is 2.51. The molecule has 2 aromatic rings. The minimum atomic E-state index is -3.55. The van der Waals surface area contributed by atoms with Gasteiger partial charge < -0.3 is 0 Å². The first-order valence-electron chi connectivity index (χ1n) is 7.78. The normalized spacial score (nSPS) is 32.1. The summed E-state index contributed by atoms with van der Waals surface area (Å²) in [6.45, 7) is 0. The molecule has 2 bridgehead atoms. The molecule has 0 N–H and O–H groups in total. The number of imide groups is 1. The van der Waals surface area contributed by atoms with E-state index in [4.69, 9.17) is 0 Å². The third-order valence-corrected chi connectivity index (χ3v) is 7.89. The van der Waals surface area contributed by atoms with Crippen molar-refractivity contribution in [2.75, 3.05) is 4.90 Å². The number of carbonyl (C=O) groups is 2. The van der Waals surface area contributed by atoms with Crippen molar-refractivity contribution in [2.45, 2.75) is 10.5 Å². The summed E-state index contributed by atoms with van der Waals surface area (Å²) in [6, 6.07) is 15.8. The maximum absolute atomic E-state index is 12.9. The molecule has 2 amide bonds. The number of hydrogen-bond donors (Lipinski definition) is 0. The van der Waals surface area contributed by atoms with Gasteiger partial charge in [-0.25, -0.2) is 13.3 Å². The standard InChI is InChI=1S/C18H13NO4S/c20-17-13-14(18(21)19(17)10-6-2-1-3-7-10)16-12-9-5-4-8-11(12)15(13)24(16,22)23/h1-9,13-16H/t13-,14+,15?,16?. The molecule has 0 aromatic heterocycles. The second-order valence-electron chi connectivity index (χ2n) is 6.46. The van der Waals surface area contributed by atoms with Gasteiger partial charge in [-0.2, -0.15) is 0 Å². The summed E-state index contributed by atoms with van der Waals surface area (Å²) in [6.07, 6.45) is 0. The molecule has 3 heterocycles. The van der Waals surface area contributed by atoms with Crippen LogP contribution in [0.3, 0.4) is 0 Å². The Bertz CT molecular complexity index is 944. The Balaban J connectivity index is 1.70. The number of benzene rings is 2. The van der Waals surface area contributed by atoms with Crippen LogP contribution in [0, 0.1) is 11.8 Å². The molecule has 24 heavy (non-hydrogen) atoms. The maximum atomic E-state index is 12.9. The Morgan fingerprint density at radius 1 is 0.708 bits per heavy atom. The quantitative estimate of drug-likeness (QED) is 0.745. The van der Waals surface area contributed by atoms with E-state index >= 15 is 0 Å². The molecule has 5 rings (SSSR count). The van der Waals surface area contributed by atoms with E-state index in [0.29, 0.717) is 16.8 Å². The molecule has 2 unspecified atom stereocenters. The highest BCUT2D eigenvalue weighted by Crippen LogP contribution is 2.64. The van der Waals surface area contributed by atoms with Crippen LogP contribution in [0.5, 0.6) is 0 Å². The van der Waals surface area contributed by atoms with Crippen molar-refractivity contribution in [3.05, 3.63) is 65.7 Å². The van der Waals surface area contributed by atoms with E-state index in [1.807, 2.05) is 0 Å². The summed E-state index contributed by atoms with van der Waals surface area (Å²) in [4.78, 5) is 27.0. The number of amides is 2. The van der Waals surface area contributed by atoms with Gasteiger partial charge in [0.2, 0.25) is 11.8 Å². The summed E-state index contributed by atoms with van der Waals surface area (Å²) in [5, 5.41) is -1.79. The van der Waals surface area contributed by atoms with Gasteiger partial charge in [-0.05, 0) is 23.3 Å². The summed E-state index contributed by atoms with van der Waals surface area (Å²) < 4.78 is 25.7. The smallest absolute Gasteiger partial charge is 0.239 e. The van der Waals surface area contributed by atoms with Crippen LogP contribution in [0.2, 0.25) is 0 Å². The van der Waals surface area contributed by atoms with E-state index in [1.165, 1.54) is 0 Å². The Morgan fingerprint density at radius 3 is 1.67 bits per heavy atom. The summed E-state index contributed by atoms with van der Waals surface area (Å²) in [7, 11) is -3.55. The molecular formula is C18H13NO4S. The molecule has 2 saturated heterocycles. The van der Waals surface area contributed by atoms with E-state index in [2.05, 4.69) is 0 Å². The zero-order valence-corrected chi connectivity index (χ0v) is 13.3. The predicted octanol–water partition coefficient (Wildman–Crippen LogP) is 2.02. The largest absolute Gasteiger partial charge is 0.274 e. The van der Waals surface area contributed by atoms with Gasteiger partial charge in [0.1, 0.15) is 0 Å². The summed E-state index contributed by atoms with van der Waals surface area (Å²) in [5.41, 5.74) is 1.86. The summed E-state index contributed by atoms with van der Waals surface area (Å²) >= 11 is 0. The first-order chi connectivity index (χ1) is 11.5. The van der Waals surface area contributed by atoms with Crippen LogP contribution in [-0.2, 0) is 19.4 Å². The maximum Gasteiger partial charge on any atom is 0.239 e. The molecule has 2 fully saturated rings. The summed E-state index contributed by atoms with van der Waals surface area (Å²) in [5.74, 6) is -2.41. The Morgan fingerprint density at radius 2 is 1.17 bits per heavy atom. The third-order valence-electron chi connectivity index (χ3n) is 5.38. The SMILES string of the molecule is O=C1[C@@H]2C3c4ccccc4C([C@@H]2C(=O)N1c1ccccc1)S3(=O)=O. The van der Waals surface area contributed by atoms with E-state index in [-0.39, 0.29) is 0 Å². The van der Waals surface area contributed by atoms with Gasteiger partial charge in [0, 0.05) is 0 Å². The lowest BCUT2D eigenvalue weighted by molar-refractivity contribution is -0.122. The third kappa shape index (κ3) is 1.43. The van der Waals surface area contributed by atoms with Crippen LogP contribution in [0.1, 0.15) is 21.6 Å². The van der Waals surface area contributed by atoms with Gasteiger partial charge in [-0.3, -0.25) is 9.59 Å². The van der Waals surface area contributed by atoms with Crippen molar-refractivity contribution in [2.24, 2.45) is 11.8 Å². The van der Waals surface area contributed by atoms with Crippen LogP contribution < -0.4 is 4.90 Å². The van der Waals surface area contributed by atoms with E-state index in [1.54, 1.807) is 54.6 Å². The molecule has 0 aliphatic carbocycles. The first kappa shape index (κ1) is 13.9. The number of rotatable bonds is 1. The fourth-order valence-corrected chi connectivity index (χ4v) is 7.36. The molecule has 6 heteroatoms. The molecule has 120 valence electrons. The highest BCUT2D eigenvalue weighted by atomic mass is 32.2. The highest BCUT2D eigenvalue weighted by molar-refractivity contribution is 7.92. The van der Waals surface area contributed by atoms with Gasteiger partial charge >= 0.3 is 0 Å². The lowest BCUT2D eigenvalue weighted by Gasteiger charge is -2.19. The fourth-order valence-electron chi connectivity index (χ4n) is 4.52. The van der Waals surface area contributed by atoms with Crippen LogP contribution in [0.15, 0.2) is 54.6 Å². The topological polar surface area (TPSA) is 71.5 Å². The first-order valence-corrected chi connectivity index (χ1v) is 9.39. The van der Waals surface area contributed by atoms with Gasteiger partial charge in [-0.15, -0.1) is 0 Å². The average Bonchev–Trinajstić information content (AvgIpc) is 3.07. The molecule has 0 saturated carbocycles. The molecule has 4 atom stereocenters. The molecular weight excluding hydrogens is 326 g/mol. The van der Waals surface area contributed by atoms with Gasteiger partial charge in [0.25, 0.3) is 0 Å². The molecule has 0 radical (unpaired) electrons. The molecule has 0 spiro atoms. The van der Waals surface area contributed by atoms with Gasteiger partial charge in [-0.1, -0.05) is 42.5 Å². The van der Waals surface area contributed by atoms with Crippen molar-refractivity contribution in [1.82, 2.24) is 0 Å².